The van der Waals surface area contributed by atoms with Crippen molar-refractivity contribution < 1.29 is 19.7 Å². The average molecular weight is 323 g/mol. The number of hydrogen-bond acceptors (Lipinski definition) is 5. The molecule has 1 aromatic rings. The van der Waals surface area contributed by atoms with Crippen LogP contribution in [-0.2, 0) is 11.3 Å². The molecule has 0 amide bonds. The molecule has 1 aliphatic heterocycles. The second kappa shape index (κ2) is 8.11. The summed E-state index contributed by atoms with van der Waals surface area (Å²) in [6.07, 6.45) is 2.16. The van der Waals surface area contributed by atoms with Crippen LogP contribution in [0.3, 0.4) is 0 Å². The molecule has 1 aliphatic rings. The highest BCUT2D eigenvalue weighted by Crippen LogP contribution is 2.27. The molecule has 0 saturated carbocycles. The van der Waals surface area contributed by atoms with E-state index in [0.717, 1.165) is 24.8 Å². The zero-order chi connectivity index (χ0) is 16.9. The maximum absolute atomic E-state index is 10.3. The summed E-state index contributed by atoms with van der Waals surface area (Å²) >= 11 is 0. The largest absolute Gasteiger partial charge is 0.465 e. The van der Waals surface area contributed by atoms with E-state index < -0.39 is 6.10 Å². The van der Waals surface area contributed by atoms with Gasteiger partial charge in [0, 0.05) is 24.1 Å². The van der Waals surface area contributed by atoms with Crippen LogP contribution in [-0.4, -0.2) is 35.2 Å². The number of aliphatic hydroxyl groups is 2. The van der Waals surface area contributed by atoms with Gasteiger partial charge in [-0.05, 0) is 51.3 Å². The summed E-state index contributed by atoms with van der Waals surface area (Å²) in [4.78, 5) is 0. The molecule has 1 heterocycles. The fourth-order valence-corrected chi connectivity index (χ4v) is 2.51. The number of β-amino-alcohol motifs (C(OH)–C–C–N with tert-alkyl or cyclic N) is 1. The Bertz CT molecular complexity index is 492. The van der Waals surface area contributed by atoms with Crippen LogP contribution in [0.2, 0.25) is 0 Å². The van der Waals surface area contributed by atoms with Crippen molar-refractivity contribution in [2.45, 2.75) is 64.6 Å². The Kier molecular flexibility index (Phi) is 6.41. The Morgan fingerprint density at radius 3 is 2.74 bits per heavy atom. The van der Waals surface area contributed by atoms with Gasteiger partial charge in [-0.2, -0.15) is 0 Å². The van der Waals surface area contributed by atoms with E-state index in [0.29, 0.717) is 24.5 Å². The second-order valence-electron chi connectivity index (χ2n) is 7.09. The predicted octanol–water partition coefficient (Wildman–Crippen LogP) is 2.51. The van der Waals surface area contributed by atoms with Gasteiger partial charge in [-0.1, -0.05) is 6.07 Å². The molecule has 1 saturated heterocycles. The number of ether oxygens (including phenoxy) is 2. The second-order valence-corrected chi connectivity index (χ2v) is 7.09. The van der Waals surface area contributed by atoms with Crippen LogP contribution in [0.1, 0.15) is 57.3 Å². The summed E-state index contributed by atoms with van der Waals surface area (Å²) in [7, 11) is 0. The maximum atomic E-state index is 10.3. The van der Waals surface area contributed by atoms with Gasteiger partial charge in [-0.15, -0.1) is 0 Å². The SMILES string of the molecule is CC(C)(C)NCC(O)c1ccc(OC2CCCCO2)c(CO)c1. The molecule has 3 N–H and O–H groups in total. The van der Waals surface area contributed by atoms with E-state index in [1.165, 1.54) is 0 Å². The minimum Gasteiger partial charge on any atom is -0.465 e. The molecular formula is C18H29NO4. The van der Waals surface area contributed by atoms with Gasteiger partial charge in [0.15, 0.2) is 6.29 Å². The van der Waals surface area contributed by atoms with Gasteiger partial charge in [-0.3, -0.25) is 0 Å². The smallest absolute Gasteiger partial charge is 0.199 e. The van der Waals surface area contributed by atoms with Crippen LogP contribution in [0, 0.1) is 0 Å². The predicted molar refractivity (Wildman–Crippen MR) is 89.3 cm³/mol. The molecule has 23 heavy (non-hydrogen) atoms. The van der Waals surface area contributed by atoms with Crippen LogP contribution in [0.5, 0.6) is 5.75 Å². The molecule has 5 heteroatoms. The van der Waals surface area contributed by atoms with Gasteiger partial charge in [0.1, 0.15) is 5.75 Å². The molecule has 0 radical (unpaired) electrons. The standard InChI is InChI=1S/C18H29NO4/c1-18(2,3)19-11-15(21)13-7-8-16(14(10-13)12-20)23-17-6-4-5-9-22-17/h7-8,10,15,17,19-21H,4-6,9,11-12H2,1-3H3. The summed E-state index contributed by atoms with van der Waals surface area (Å²) in [5.74, 6) is 0.624. The maximum Gasteiger partial charge on any atom is 0.199 e. The highest BCUT2D eigenvalue weighted by molar-refractivity contribution is 5.38. The van der Waals surface area contributed by atoms with Crippen LogP contribution in [0.4, 0.5) is 0 Å². The lowest BCUT2D eigenvalue weighted by Gasteiger charge is -2.25. The van der Waals surface area contributed by atoms with E-state index in [2.05, 4.69) is 26.1 Å². The van der Waals surface area contributed by atoms with Gasteiger partial charge < -0.3 is 25.0 Å². The van der Waals surface area contributed by atoms with E-state index in [9.17, 15) is 10.2 Å². The number of nitrogens with one attached hydrogen (secondary N) is 1. The van der Waals surface area contributed by atoms with Crippen molar-refractivity contribution in [2.75, 3.05) is 13.2 Å². The van der Waals surface area contributed by atoms with Gasteiger partial charge in [0.2, 0.25) is 0 Å². The lowest BCUT2D eigenvalue weighted by molar-refractivity contribution is -0.106. The topological polar surface area (TPSA) is 71.0 Å². The Morgan fingerprint density at radius 1 is 1.35 bits per heavy atom. The summed E-state index contributed by atoms with van der Waals surface area (Å²) < 4.78 is 11.4. The molecule has 130 valence electrons. The first-order chi connectivity index (χ1) is 10.9. The third-order valence-corrected chi connectivity index (χ3v) is 3.86. The molecule has 2 atom stereocenters. The van der Waals surface area contributed by atoms with E-state index in [-0.39, 0.29) is 18.4 Å². The summed E-state index contributed by atoms with van der Waals surface area (Å²) in [5.41, 5.74) is 1.39. The Morgan fingerprint density at radius 2 is 2.13 bits per heavy atom. The van der Waals surface area contributed by atoms with Crippen molar-refractivity contribution in [2.24, 2.45) is 0 Å². The Hall–Kier alpha value is -1.14. The fourth-order valence-electron chi connectivity index (χ4n) is 2.51. The van der Waals surface area contributed by atoms with E-state index in [4.69, 9.17) is 9.47 Å². The third kappa shape index (κ3) is 5.77. The van der Waals surface area contributed by atoms with Crippen molar-refractivity contribution in [3.63, 3.8) is 0 Å². The highest BCUT2D eigenvalue weighted by Gasteiger charge is 2.19. The normalized spacial score (nSPS) is 20.3. The van der Waals surface area contributed by atoms with Gasteiger partial charge in [0.05, 0.1) is 19.3 Å². The molecule has 5 nitrogen and oxygen atoms in total. The van der Waals surface area contributed by atoms with Gasteiger partial charge in [-0.25, -0.2) is 0 Å². The van der Waals surface area contributed by atoms with Crippen LogP contribution in [0.25, 0.3) is 0 Å². The number of hydrogen-bond donors (Lipinski definition) is 3. The number of rotatable bonds is 6. The first kappa shape index (κ1) is 18.2. The first-order valence-corrected chi connectivity index (χ1v) is 8.34. The molecule has 0 aliphatic carbocycles. The molecule has 1 fully saturated rings. The zero-order valence-electron chi connectivity index (χ0n) is 14.3. The number of aliphatic hydroxyl groups excluding tert-OH is 2. The summed E-state index contributed by atoms with van der Waals surface area (Å²) in [6.45, 7) is 7.21. The average Bonchev–Trinajstić information content (AvgIpc) is 2.53. The van der Waals surface area contributed by atoms with E-state index >= 15 is 0 Å². The lowest BCUT2D eigenvalue weighted by atomic mass is 10.0. The van der Waals surface area contributed by atoms with Crippen LogP contribution in [0.15, 0.2) is 18.2 Å². The van der Waals surface area contributed by atoms with Crippen molar-refractivity contribution in [3.8, 4) is 5.75 Å². The zero-order valence-corrected chi connectivity index (χ0v) is 14.3. The summed E-state index contributed by atoms with van der Waals surface area (Å²) in [6, 6.07) is 5.44. The van der Waals surface area contributed by atoms with Crippen molar-refractivity contribution in [1.82, 2.24) is 5.32 Å². The Labute approximate surface area is 138 Å². The molecule has 0 bridgehead atoms. The fraction of sp³-hybridized carbons (Fsp3) is 0.667. The molecule has 2 unspecified atom stereocenters. The highest BCUT2D eigenvalue weighted by atomic mass is 16.7. The molecular weight excluding hydrogens is 294 g/mol. The van der Waals surface area contributed by atoms with Gasteiger partial charge in [0.25, 0.3) is 0 Å². The Balaban J connectivity index is 2.03. The third-order valence-electron chi connectivity index (χ3n) is 3.86. The first-order valence-electron chi connectivity index (χ1n) is 8.34. The quantitative estimate of drug-likeness (QED) is 0.750. The van der Waals surface area contributed by atoms with Crippen molar-refractivity contribution in [1.29, 1.82) is 0 Å². The lowest BCUT2D eigenvalue weighted by Crippen LogP contribution is -2.38. The van der Waals surface area contributed by atoms with E-state index in [1.54, 1.807) is 12.1 Å². The van der Waals surface area contributed by atoms with Crippen molar-refractivity contribution >= 4 is 0 Å². The minimum absolute atomic E-state index is 0.0534. The van der Waals surface area contributed by atoms with Crippen LogP contribution >= 0.6 is 0 Å². The molecule has 0 spiro atoms. The molecule has 2 rings (SSSR count). The molecule has 1 aromatic carbocycles. The summed E-state index contributed by atoms with van der Waals surface area (Å²) in [5, 5.41) is 23.2. The van der Waals surface area contributed by atoms with Gasteiger partial charge >= 0.3 is 0 Å². The van der Waals surface area contributed by atoms with E-state index in [1.807, 2.05) is 6.07 Å². The van der Waals surface area contributed by atoms with Crippen molar-refractivity contribution in [3.05, 3.63) is 29.3 Å². The van der Waals surface area contributed by atoms with Crippen LogP contribution < -0.4 is 10.1 Å². The minimum atomic E-state index is -0.625. The monoisotopic (exact) mass is 323 g/mol. The molecule has 0 aromatic heterocycles. The number of benzene rings is 1.